The second-order valence-corrected chi connectivity index (χ2v) is 7.34. The molecule has 1 aromatic carbocycles. The van der Waals surface area contributed by atoms with Crippen molar-refractivity contribution in [3.8, 4) is 11.8 Å². The van der Waals surface area contributed by atoms with Crippen LogP contribution < -0.4 is 5.32 Å². The van der Waals surface area contributed by atoms with Gasteiger partial charge in [-0.1, -0.05) is 6.07 Å². The maximum absolute atomic E-state index is 12.4. The summed E-state index contributed by atoms with van der Waals surface area (Å²) < 4.78 is 4.01. The van der Waals surface area contributed by atoms with Gasteiger partial charge in [-0.15, -0.1) is 0 Å². The summed E-state index contributed by atoms with van der Waals surface area (Å²) in [5.41, 5.74) is 3.64. The molecule has 1 unspecified atom stereocenters. The average molecular weight is 357 g/mol. The monoisotopic (exact) mass is 357 g/mol. The zero-order valence-electron chi connectivity index (χ0n) is 14.8. The van der Waals surface area contributed by atoms with Crippen molar-refractivity contribution in [2.75, 3.05) is 5.32 Å². The lowest BCUT2D eigenvalue weighted by atomic mass is 9.91. The number of nitrogens with one attached hydrogen (secondary N) is 1. The highest BCUT2D eigenvalue weighted by Gasteiger charge is 2.33. The number of fused-ring (bicyclic) bond motifs is 1. The molecule has 1 amide bonds. The smallest absolute Gasteiger partial charge is 0.226 e. The van der Waals surface area contributed by atoms with Crippen molar-refractivity contribution < 1.29 is 4.79 Å². The molecule has 1 aliphatic heterocycles. The number of amides is 1. The van der Waals surface area contributed by atoms with Crippen LogP contribution in [0.15, 0.2) is 48.8 Å². The van der Waals surface area contributed by atoms with Crippen molar-refractivity contribution in [2.45, 2.75) is 31.7 Å². The highest BCUT2D eigenvalue weighted by Crippen LogP contribution is 2.39. The van der Waals surface area contributed by atoms with Crippen LogP contribution in [-0.4, -0.2) is 20.3 Å². The number of hydrogen-bond donors (Lipinski definition) is 1. The normalized spacial score (nSPS) is 18.6. The second kappa shape index (κ2) is 6.13. The summed E-state index contributed by atoms with van der Waals surface area (Å²) in [6.45, 7) is 0.869. The van der Waals surface area contributed by atoms with E-state index in [1.165, 1.54) is 12.8 Å². The molecule has 1 atom stereocenters. The molecule has 1 N–H and O–H groups in total. The summed E-state index contributed by atoms with van der Waals surface area (Å²) in [7, 11) is 0. The molecule has 1 fully saturated rings. The molecule has 134 valence electrons. The molecule has 6 nitrogen and oxygen atoms in total. The number of nitriles is 1. The van der Waals surface area contributed by atoms with Gasteiger partial charge in [0, 0.05) is 42.0 Å². The first-order valence-corrected chi connectivity index (χ1v) is 9.26. The lowest BCUT2D eigenvalue weighted by Gasteiger charge is -2.25. The van der Waals surface area contributed by atoms with E-state index in [-0.39, 0.29) is 11.8 Å². The Hall–Kier alpha value is -3.33. The predicted octanol–water partition coefficient (Wildman–Crippen LogP) is 3.43. The van der Waals surface area contributed by atoms with Gasteiger partial charge in [-0.3, -0.25) is 4.79 Å². The Bertz CT molecular complexity index is 1070. The minimum Gasteiger partial charge on any atom is -0.320 e. The van der Waals surface area contributed by atoms with Crippen LogP contribution in [0.5, 0.6) is 0 Å². The molecule has 5 rings (SSSR count). The minimum absolute atomic E-state index is 0.0172. The summed E-state index contributed by atoms with van der Waals surface area (Å²) in [4.78, 5) is 12.4. The van der Waals surface area contributed by atoms with Crippen LogP contribution in [-0.2, 0) is 11.3 Å². The number of anilines is 1. The van der Waals surface area contributed by atoms with E-state index in [1.54, 1.807) is 6.07 Å². The third-order valence-electron chi connectivity index (χ3n) is 5.41. The molecular formula is C21H19N5O. The van der Waals surface area contributed by atoms with E-state index in [4.69, 9.17) is 0 Å². The molecule has 6 heteroatoms. The van der Waals surface area contributed by atoms with Crippen molar-refractivity contribution >= 4 is 11.7 Å². The molecule has 2 aliphatic rings. The van der Waals surface area contributed by atoms with E-state index in [1.807, 2.05) is 47.4 Å². The largest absolute Gasteiger partial charge is 0.320 e. The van der Waals surface area contributed by atoms with Crippen LogP contribution in [0.2, 0.25) is 0 Å². The van der Waals surface area contributed by atoms with Gasteiger partial charge < -0.3 is 9.88 Å². The topological polar surface area (TPSA) is 75.6 Å². The lowest BCUT2D eigenvalue weighted by Crippen LogP contribution is -2.26. The maximum Gasteiger partial charge on any atom is 0.226 e. The number of benzene rings is 1. The third-order valence-corrected chi connectivity index (χ3v) is 5.41. The van der Waals surface area contributed by atoms with Gasteiger partial charge in [0.05, 0.1) is 17.8 Å². The summed E-state index contributed by atoms with van der Waals surface area (Å²) in [5, 5.41) is 16.8. The number of carbonyl (C=O) groups excluding carboxylic acids is 1. The van der Waals surface area contributed by atoms with E-state index < -0.39 is 0 Å². The zero-order chi connectivity index (χ0) is 18.4. The molecule has 0 radical (unpaired) electrons. The van der Waals surface area contributed by atoms with E-state index in [0.717, 1.165) is 29.3 Å². The SMILES string of the molecule is N#Cc1cccc(-n2cccc2C2CC(=O)Nc3c2cnn3CC2CC2)c1. The van der Waals surface area contributed by atoms with Gasteiger partial charge in [0.1, 0.15) is 5.82 Å². The van der Waals surface area contributed by atoms with E-state index in [0.29, 0.717) is 17.9 Å². The standard InChI is InChI=1S/C21H19N5O/c22-11-15-3-1-4-16(9-15)25-8-2-5-19(25)17-10-20(27)24-21-18(17)12-23-26(21)13-14-6-7-14/h1-5,8-9,12,14,17H,6-7,10,13H2,(H,24,27). The third kappa shape index (κ3) is 2.81. The summed E-state index contributed by atoms with van der Waals surface area (Å²) in [6.07, 6.45) is 6.75. The van der Waals surface area contributed by atoms with Gasteiger partial charge in [-0.2, -0.15) is 10.4 Å². The van der Waals surface area contributed by atoms with Gasteiger partial charge in [0.25, 0.3) is 0 Å². The van der Waals surface area contributed by atoms with Gasteiger partial charge >= 0.3 is 0 Å². The quantitative estimate of drug-likeness (QED) is 0.777. The Labute approximate surface area is 157 Å². The van der Waals surface area contributed by atoms with Crippen molar-refractivity contribution in [1.82, 2.24) is 14.3 Å². The molecule has 3 heterocycles. The van der Waals surface area contributed by atoms with Crippen LogP contribution in [0, 0.1) is 17.2 Å². The first-order valence-electron chi connectivity index (χ1n) is 9.26. The molecule has 1 saturated carbocycles. The number of carbonyl (C=O) groups is 1. The second-order valence-electron chi connectivity index (χ2n) is 7.34. The molecular weight excluding hydrogens is 338 g/mol. The van der Waals surface area contributed by atoms with Crippen LogP contribution >= 0.6 is 0 Å². The molecule has 0 spiro atoms. The van der Waals surface area contributed by atoms with Gasteiger partial charge in [-0.25, -0.2) is 4.68 Å². The van der Waals surface area contributed by atoms with E-state index in [2.05, 4.69) is 21.1 Å². The fourth-order valence-electron chi connectivity index (χ4n) is 3.86. The van der Waals surface area contributed by atoms with Gasteiger partial charge in [0.15, 0.2) is 0 Å². The van der Waals surface area contributed by atoms with E-state index in [9.17, 15) is 10.1 Å². The van der Waals surface area contributed by atoms with Crippen molar-refractivity contribution in [3.05, 3.63) is 65.6 Å². The Morgan fingerprint density at radius 1 is 1.26 bits per heavy atom. The maximum atomic E-state index is 12.4. The van der Waals surface area contributed by atoms with Crippen LogP contribution in [0.4, 0.5) is 5.82 Å². The molecule has 3 aromatic rings. The van der Waals surface area contributed by atoms with E-state index >= 15 is 0 Å². The van der Waals surface area contributed by atoms with Crippen LogP contribution in [0.3, 0.4) is 0 Å². The van der Waals surface area contributed by atoms with Crippen molar-refractivity contribution in [3.63, 3.8) is 0 Å². The number of rotatable bonds is 4. The van der Waals surface area contributed by atoms with Gasteiger partial charge in [0.2, 0.25) is 5.91 Å². The first-order chi connectivity index (χ1) is 13.2. The highest BCUT2D eigenvalue weighted by atomic mass is 16.1. The number of aromatic nitrogens is 3. The lowest BCUT2D eigenvalue weighted by molar-refractivity contribution is -0.116. The summed E-state index contributed by atoms with van der Waals surface area (Å²) >= 11 is 0. The zero-order valence-corrected chi connectivity index (χ0v) is 14.8. The Morgan fingerprint density at radius 3 is 2.96 bits per heavy atom. The Balaban J connectivity index is 1.57. The average Bonchev–Trinajstić information content (AvgIpc) is 3.21. The predicted molar refractivity (Wildman–Crippen MR) is 101 cm³/mol. The van der Waals surface area contributed by atoms with Crippen molar-refractivity contribution in [2.24, 2.45) is 5.92 Å². The fourth-order valence-corrected chi connectivity index (χ4v) is 3.86. The highest BCUT2D eigenvalue weighted by molar-refractivity contribution is 5.94. The molecule has 0 saturated heterocycles. The molecule has 27 heavy (non-hydrogen) atoms. The van der Waals surface area contributed by atoms with Crippen molar-refractivity contribution in [1.29, 1.82) is 5.26 Å². The Kier molecular flexibility index (Phi) is 3.61. The minimum atomic E-state index is -0.0533. The molecule has 0 bridgehead atoms. The molecule has 1 aliphatic carbocycles. The first kappa shape index (κ1) is 15.9. The number of hydrogen-bond acceptors (Lipinski definition) is 3. The number of nitrogens with zero attached hydrogens (tertiary/aromatic N) is 4. The van der Waals surface area contributed by atoms with Gasteiger partial charge in [-0.05, 0) is 49.1 Å². The fraction of sp³-hybridized carbons (Fsp3) is 0.286. The summed E-state index contributed by atoms with van der Waals surface area (Å²) in [6, 6.07) is 13.7. The summed E-state index contributed by atoms with van der Waals surface area (Å²) in [5.74, 6) is 1.48. The Morgan fingerprint density at radius 2 is 2.15 bits per heavy atom. The van der Waals surface area contributed by atoms with Crippen LogP contribution in [0.25, 0.3) is 5.69 Å². The van der Waals surface area contributed by atoms with Crippen LogP contribution in [0.1, 0.15) is 42.0 Å². The molecule has 2 aromatic heterocycles.